The van der Waals surface area contributed by atoms with Crippen molar-refractivity contribution in [2.75, 3.05) is 26.2 Å². The van der Waals surface area contributed by atoms with Crippen molar-refractivity contribution in [3.8, 4) is 0 Å². The molecule has 4 aromatic carbocycles. The second-order valence-electron chi connectivity index (χ2n) is 20.8. The summed E-state index contributed by atoms with van der Waals surface area (Å²) >= 11 is 0. The van der Waals surface area contributed by atoms with Crippen molar-refractivity contribution in [3.05, 3.63) is 144 Å². The highest BCUT2D eigenvalue weighted by atomic mass is 16.6. The number of nitrogens with zero attached hydrogens (tertiary/aromatic N) is 3. The fourth-order valence-corrected chi connectivity index (χ4v) is 9.56. The molecule has 8 heteroatoms. The van der Waals surface area contributed by atoms with Gasteiger partial charge in [0.05, 0.1) is 0 Å². The third kappa shape index (κ3) is 14.2. The van der Waals surface area contributed by atoms with E-state index in [0.29, 0.717) is 30.2 Å². The number of hydrogen-bond acceptors (Lipinski definition) is 6. The monoisotopic (exact) mass is 845 g/mol. The van der Waals surface area contributed by atoms with E-state index in [-0.39, 0.29) is 23.3 Å². The van der Waals surface area contributed by atoms with Crippen molar-refractivity contribution >= 4 is 12.2 Å². The number of hydrogen-bond donors (Lipinski definition) is 1. The molecular formula is C54H76N4O4. The number of nitrogens with two attached hydrogens (primary N) is 1. The number of ether oxygens (including phenoxy) is 2. The minimum atomic E-state index is -0.501. The third-order valence-corrected chi connectivity index (χ3v) is 12.4. The van der Waals surface area contributed by atoms with E-state index in [1.807, 2.05) is 57.4 Å². The third-order valence-electron chi connectivity index (χ3n) is 12.4. The Bertz CT molecular complexity index is 1920. The topological polar surface area (TPSA) is 88.3 Å². The average Bonchev–Trinajstić information content (AvgIpc) is 3.71. The summed E-state index contributed by atoms with van der Waals surface area (Å²) in [7, 11) is 0. The zero-order valence-electron chi connectivity index (χ0n) is 39.5. The molecule has 2 heterocycles. The number of benzene rings is 4. The number of rotatable bonds is 13. The Balaban J connectivity index is 0.000000260. The molecule has 4 unspecified atom stereocenters. The Morgan fingerprint density at radius 2 is 0.935 bits per heavy atom. The van der Waals surface area contributed by atoms with Gasteiger partial charge in [-0.3, -0.25) is 4.90 Å². The smallest absolute Gasteiger partial charge is 0.410 e. The van der Waals surface area contributed by atoms with E-state index in [1.165, 1.54) is 22.3 Å². The summed E-state index contributed by atoms with van der Waals surface area (Å²) in [5.74, 6) is 1.51. The summed E-state index contributed by atoms with van der Waals surface area (Å²) in [4.78, 5) is 32.2. The lowest BCUT2D eigenvalue weighted by Crippen LogP contribution is -2.45. The molecule has 6 rings (SSSR count). The summed E-state index contributed by atoms with van der Waals surface area (Å²) in [6.07, 6.45) is 3.48. The number of carbonyl (C=O) groups excluding carboxylic acids is 2. The largest absolute Gasteiger partial charge is 0.444 e. The van der Waals surface area contributed by atoms with E-state index in [4.69, 9.17) is 15.2 Å². The van der Waals surface area contributed by atoms with Crippen LogP contribution in [0.4, 0.5) is 9.59 Å². The minimum Gasteiger partial charge on any atom is -0.444 e. The molecule has 2 aliphatic heterocycles. The van der Waals surface area contributed by atoms with Gasteiger partial charge in [0.1, 0.15) is 11.2 Å². The van der Waals surface area contributed by atoms with Crippen LogP contribution in [-0.2, 0) is 22.6 Å². The lowest BCUT2D eigenvalue weighted by molar-refractivity contribution is 0.0118. The minimum absolute atomic E-state index is 0.200. The Morgan fingerprint density at radius 1 is 0.597 bits per heavy atom. The SMILES string of the molecule is CC(C)(C)OC(=O)N1CC(C(CCN(Cc2ccccc2)Cc2ccccc2)c2ccccc2)CC1(C)C.CC(C)(C)OC(=O)N1CC(C(CCN)c2ccccc2)CC1(C)C. The van der Waals surface area contributed by atoms with Crippen LogP contribution in [0.5, 0.6) is 0 Å². The molecule has 4 aromatic rings. The van der Waals surface area contributed by atoms with Crippen molar-refractivity contribution in [1.82, 2.24) is 14.7 Å². The molecule has 2 N–H and O–H groups in total. The molecular weight excluding hydrogens is 769 g/mol. The van der Waals surface area contributed by atoms with E-state index in [1.54, 1.807) is 0 Å². The van der Waals surface area contributed by atoms with E-state index < -0.39 is 11.2 Å². The predicted molar refractivity (Wildman–Crippen MR) is 254 cm³/mol. The van der Waals surface area contributed by atoms with Crippen molar-refractivity contribution in [3.63, 3.8) is 0 Å². The molecule has 0 spiro atoms. The maximum Gasteiger partial charge on any atom is 0.410 e. The Hall–Kier alpha value is -4.66. The van der Waals surface area contributed by atoms with E-state index in [0.717, 1.165) is 58.4 Å². The van der Waals surface area contributed by atoms with E-state index in [2.05, 4.69) is 148 Å². The van der Waals surface area contributed by atoms with Crippen LogP contribution >= 0.6 is 0 Å². The summed E-state index contributed by atoms with van der Waals surface area (Å²) in [6.45, 7) is 25.1. The van der Waals surface area contributed by atoms with Crippen molar-refractivity contribution in [1.29, 1.82) is 0 Å². The number of amides is 2. The van der Waals surface area contributed by atoms with Gasteiger partial charge in [0.2, 0.25) is 0 Å². The van der Waals surface area contributed by atoms with Gasteiger partial charge in [-0.05, 0) is 154 Å². The molecule has 336 valence electrons. The van der Waals surface area contributed by atoms with Gasteiger partial charge < -0.3 is 25.0 Å². The molecule has 2 aliphatic rings. The summed E-state index contributed by atoms with van der Waals surface area (Å²) < 4.78 is 11.4. The van der Waals surface area contributed by atoms with Crippen LogP contribution in [0.15, 0.2) is 121 Å². The van der Waals surface area contributed by atoms with Gasteiger partial charge in [-0.15, -0.1) is 0 Å². The van der Waals surface area contributed by atoms with Crippen LogP contribution in [0.3, 0.4) is 0 Å². The first-order valence-corrected chi connectivity index (χ1v) is 22.9. The highest BCUT2D eigenvalue weighted by molar-refractivity contribution is 5.70. The molecule has 2 saturated heterocycles. The fourth-order valence-electron chi connectivity index (χ4n) is 9.56. The van der Waals surface area contributed by atoms with Gasteiger partial charge >= 0.3 is 12.2 Å². The molecule has 0 saturated carbocycles. The first-order valence-electron chi connectivity index (χ1n) is 22.9. The van der Waals surface area contributed by atoms with Crippen LogP contribution in [0, 0.1) is 11.8 Å². The number of carbonyl (C=O) groups is 2. The fraction of sp³-hybridized carbons (Fsp3) is 0.519. The van der Waals surface area contributed by atoms with E-state index in [9.17, 15) is 9.59 Å². The Labute approximate surface area is 374 Å². The second-order valence-corrected chi connectivity index (χ2v) is 20.8. The quantitative estimate of drug-likeness (QED) is 0.144. The van der Waals surface area contributed by atoms with Gasteiger partial charge in [-0.25, -0.2) is 9.59 Å². The molecule has 0 radical (unpaired) electrons. The van der Waals surface area contributed by atoms with E-state index >= 15 is 0 Å². The molecule has 4 atom stereocenters. The van der Waals surface area contributed by atoms with Gasteiger partial charge in [0.15, 0.2) is 0 Å². The summed E-state index contributed by atoms with van der Waals surface area (Å²) in [5, 5.41) is 0. The average molecular weight is 845 g/mol. The Kier molecular flexibility index (Phi) is 16.5. The summed E-state index contributed by atoms with van der Waals surface area (Å²) in [5.41, 5.74) is 9.80. The molecule has 62 heavy (non-hydrogen) atoms. The zero-order chi connectivity index (χ0) is 45.1. The number of likely N-dealkylation sites (tertiary alicyclic amines) is 2. The first-order chi connectivity index (χ1) is 29.2. The van der Waals surface area contributed by atoms with Crippen LogP contribution in [0.25, 0.3) is 0 Å². The maximum atomic E-state index is 13.1. The lowest BCUT2D eigenvalue weighted by Gasteiger charge is -2.33. The lowest BCUT2D eigenvalue weighted by atomic mass is 9.80. The molecule has 0 aliphatic carbocycles. The van der Waals surface area contributed by atoms with Gasteiger partial charge in [-0.1, -0.05) is 121 Å². The van der Waals surface area contributed by atoms with Crippen molar-refractivity contribution in [2.45, 2.75) is 142 Å². The van der Waals surface area contributed by atoms with Gasteiger partial charge in [-0.2, -0.15) is 0 Å². The highest BCUT2D eigenvalue weighted by Crippen LogP contribution is 2.44. The maximum absolute atomic E-state index is 13.1. The predicted octanol–water partition coefficient (Wildman–Crippen LogP) is 12.1. The zero-order valence-corrected chi connectivity index (χ0v) is 39.5. The molecule has 0 aromatic heterocycles. The highest BCUT2D eigenvalue weighted by Gasteiger charge is 2.47. The van der Waals surface area contributed by atoms with Crippen LogP contribution in [0.1, 0.15) is 129 Å². The molecule has 2 amide bonds. The first kappa shape index (κ1) is 48.4. The standard InChI is InChI=1S/C34H44N2O2.C20H32N2O2/c1-33(2,3)38-32(37)36-26-30(23-34(36,4)5)31(29-19-13-8-14-20-29)21-22-35(24-27-15-9-6-10-16-27)25-28-17-11-7-12-18-28;1-19(2,3)24-18(23)22-14-16(13-20(22,4)5)17(11-12-21)15-9-7-6-8-10-15/h6-20,30-31H,21-26H2,1-5H3;6-10,16-17H,11-14,21H2,1-5H3. The summed E-state index contributed by atoms with van der Waals surface area (Å²) in [6, 6.07) is 42.9. The van der Waals surface area contributed by atoms with Crippen molar-refractivity contribution in [2.24, 2.45) is 17.6 Å². The molecule has 8 nitrogen and oxygen atoms in total. The molecule has 0 bridgehead atoms. The Morgan fingerprint density at radius 3 is 1.27 bits per heavy atom. The van der Waals surface area contributed by atoms with Gasteiger partial charge in [0.25, 0.3) is 0 Å². The van der Waals surface area contributed by atoms with Crippen LogP contribution in [0.2, 0.25) is 0 Å². The molecule has 2 fully saturated rings. The normalized spacial score (nSPS) is 19.4. The van der Waals surface area contributed by atoms with Gasteiger partial charge in [0, 0.05) is 37.3 Å². The van der Waals surface area contributed by atoms with Crippen LogP contribution < -0.4 is 5.73 Å². The second kappa shape index (κ2) is 21.1. The van der Waals surface area contributed by atoms with Crippen LogP contribution in [-0.4, -0.2) is 75.3 Å². The van der Waals surface area contributed by atoms with Crippen molar-refractivity contribution < 1.29 is 19.1 Å².